The number of aryl methyl sites for hydroxylation is 1. The fourth-order valence-corrected chi connectivity index (χ4v) is 1.66. The van der Waals surface area contributed by atoms with Gasteiger partial charge in [0.1, 0.15) is 0 Å². The molecule has 2 aromatic rings. The van der Waals surface area contributed by atoms with Gasteiger partial charge < -0.3 is 0 Å². The van der Waals surface area contributed by atoms with Crippen LogP contribution in [0.5, 0.6) is 0 Å². The van der Waals surface area contributed by atoms with Crippen molar-refractivity contribution in [3.05, 3.63) is 24.0 Å². The van der Waals surface area contributed by atoms with Gasteiger partial charge in [-0.3, -0.25) is 0 Å². The van der Waals surface area contributed by atoms with Crippen molar-refractivity contribution in [2.24, 2.45) is 0 Å². The van der Waals surface area contributed by atoms with Gasteiger partial charge in [-0.2, -0.15) is 5.10 Å². The summed E-state index contributed by atoms with van der Waals surface area (Å²) in [6, 6.07) is 4.42. The van der Waals surface area contributed by atoms with Crippen LogP contribution in [0.2, 0.25) is 0 Å². The maximum atomic E-state index is 4.56. The van der Waals surface area contributed by atoms with Gasteiger partial charge in [0.2, 0.25) is 0 Å². The molecule has 0 aliphatic rings. The second-order valence-corrected chi connectivity index (χ2v) is 3.71. The Kier molecular flexibility index (Phi) is 2.23. The molecule has 0 unspecified atom stereocenters. The molecule has 0 saturated carbocycles. The van der Waals surface area contributed by atoms with Gasteiger partial charge in [-0.1, -0.05) is 6.92 Å². The van der Waals surface area contributed by atoms with E-state index < -0.39 is 0 Å². The van der Waals surface area contributed by atoms with Gasteiger partial charge in [-0.15, -0.1) is 0 Å². The SMILES string of the molecule is CCc1nn(C(C)C)c2ncccc12. The summed E-state index contributed by atoms with van der Waals surface area (Å²) < 4.78 is 1.99. The van der Waals surface area contributed by atoms with Crippen molar-refractivity contribution in [2.75, 3.05) is 0 Å². The van der Waals surface area contributed by atoms with Crippen LogP contribution < -0.4 is 0 Å². The lowest BCUT2D eigenvalue weighted by Crippen LogP contribution is -2.03. The standard InChI is InChI=1S/C11H15N3/c1-4-10-9-6-5-7-12-11(9)14(13-10)8(2)3/h5-8H,4H2,1-3H3. The third kappa shape index (κ3) is 1.29. The minimum atomic E-state index is 0.368. The third-order valence-electron chi connectivity index (χ3n) is 2.37. The molecule has 0 atom stereocenters. The lowest BCUT2D eigenvalue weighted by molar-refractivity contribution is 0.540. The number of pyridine rings is 1. The highest BCUT2D eigenvalue weighted by atomic mass is 15.3. The smallest absolute Gasteiger partial charge is 0.158 e. The molecular weight excluding hydrogens is 174 g/mol. The molecule has 74 valence electrons. The van der Waals surface area contributed by atoms with Crippen LogP contribution in [0.25, 0.3) is 11.0 Å². The first kappa shape index (κ1) is 9.19. The largest absolute Gasteiger partial charge is 0.245 e. The minimum Gasteiger partial charge on any atom is -0.245 e. The number of nitrogens with zero attached hydrogens (tertiary/aromatic N) is 3. The predicted molar refractivity (Wildman–Crippen MR) is 57.3 cm³/mol. The Bertz CT molecular complexity index is 443. The van der Waals surface area contributed by atoms with E-state index in [2.05, 4.69) is 36.9 Å². The average Bonchev–Trinajstić information content (AvgIpc) is 2.56. The third-order valence-corrected chi connectivity index (χ3v) is 2.37. The number of aromatic nitrogens is 3. The van der Waals surface area contributed by atoms with E-state index in [0.29, 0.717) is 6.04 Å². The van der Waals surface area contributed by atoms with Crippen molar-refractivity contribution >= 4 is 11.0 Å². The summed E-state index contributed by atoms with van der Waals surface area (Å²) in [6.07, 6.45) is 2.78. The molecule has 2 heterocycles. The van der Waals surface area contributed by atoms with Crippen molar-refractivity contribution in [1.82, 2.24) is 14.8 Å². The molecule has 0 radical (unpaired) electrons. The average molecular weight is 189 g/mol. The summed E-state index contributed by atoms with van der Waals surface area (Å²) in [6.45, 7) is 6.38. The van der Waals surface area contributed by atoms with Crippen molar-refractivity contribution in [3.8, 4) is 0 Å². The molecule has 2 aromatic heterocycles. The highest BCUT2D eigenvalue weighted by Crippen LogP contribution is 2.19. The van der Waals surface area contributed by atoms with Crippen LogP contribution in [0.4, 0.5) is 0 Å². The second-order valence-electron chi connectivity index (χ2n) is 3.71. The monoisotopic (exact) mass is 189 g/mol. The summed E-state index contributed by atoms with van der Waals surface area (Å²) in [5.74, 6) is 0. The van der Waals surface area contributed by atoms with Crippen LogP contribution in [-0.4, -0.2) is 14.8 Å². The molecule has 0 aromatic carbocycles. The Morgan fingerprint density at radius 1 is 1.43 bits per heavy atom. The van der Waals surface area contributed by atoms with Crippen LogP contribution in [-0.2, 0) is 6.42 Å². The van der Waals surface area contributed by atoms with E-state index in [1.165, 1.54) is 5.39 Å². The number of hydrogen-bond donors (Lipinski definition) is 0. The summed E-state index contributed by atoms with van der Waals surface area (Å²) in [7, 11) is 0. The van der Waals surface area contributed by atoms with E-state index in [1.807, 2.05) is 16.9 Å². The molecule has 0 amide bonds. The van der Waals surface area contributed by atoms with Crippen molar-refractivity contribution in [1.29, 1.82) is 0 Å². The van der Waals surface area contributed by atoms with Gasteiger partial charge in [-0.05, 0) is 32.4 Å². The zero-order valence-corrected chi connectivity index (χ0v) is 8.86. The highest BCUT2D eigenvalue weighted by Gasteiger charge is 2.10. The maximum Gasteiger partial charge on any atom is 0.158 e. The Morgan fingerprint density at radius 2 is 2.21 bits per heavy atom. The zero-order chi connectivity index (χ0) is 10.1. The predicted octanol–water partition coefficient (Wildman–Crippen LogP) is 2.57. The van der Waals surface area contributed by atoms with Gasteiger partial charge in [0.15, 0.2) is 5.65 Å². The van der Waals surface area contributed by atoms with Crippen LogP contribution in [0.1, 0.15) is 32.5 Å². The lowest BCUT2D eigenvalue weighted by atomic mass is 10.2. The normalized spacial score (nSPS) is 11.4. The summed E-state index contributed by atoms with van der Waals surface area (Å²) >= 11 is 0. The Hall–Kier alpha value is -1.38. The lowest BCUT2D eigenvalue weighted by Gasteiger charge is -2.04. The van der Waals surface area contributed by atoms with E-state index >= 15 is 0 Å². The van der Waals surface area contributed by atoms with Crippen molar-refractivity contribution < 1.29 is 0 Å². The van der Waals surface area contributed by atoms with Crippen molar-refractivity contribution in [2.45, 2.75) is 33.2 Å². The molecule has 3 heteroatoms. The van der Waals surface area contributed by atoms with Crippen LogP contribution in [0, 0.1) is 0 Å². The Labute approximate surface area is 83.8 Å². The molecule has 3 nitrogen and oxygen atoms in total. The molecule has 0 bridgehead atoms. The van der Waals surface area contributed by atoms with Gasteiger partial charge in [0.25, 0.3) is 0 Å². The molecule has 0 saturated heterocycles. The molecule has 0 spiro atoms. The van der Waals surface area contributed by atoms with E-state index in [4.69, 9.17) is 0 Å². The van der Waals surface area contributed by atoms with Crippen LogP contribution in [0.15, 0.2) is 18.3 Å². The maximum absolute atomic E-state index is 4.56. The van der Waals surface area contributed by atoms with E-state index in [9.17, 15) is 0 Å². The number of fused-ring (bicyclic) bond motifs is 1. The van der Waals surface area contributed by atoms with Gasteiger partial charge in [0, 0.05) is 17.6 Å². The van der Waals surface area contributed by atoms with Gasteiger partial charge in [-0.25, -0.2) is 9.67 Å². The van der Waals surface area contributed by atoms with E-state index in [0.717, 1.165) is 17.8 Å². The Morgan fingerprint density at radius 3 is 2.86 bits per heavy atom. The van der Waals surface area contributed by atoms with Crippen LogP contribution in [0.3, 0.4) is 0 Å². The summed E-state index contributed by atoms with van der Waals surface area (Å²) in [4.78, 5) is 4.37. The fourth-order valence-electron chi connectivity index (χ4n) is 1.66. The molecule has 0 N–H and O–H groups in total. The van der Waals surface area contributed by atoms with E-state index in [1.54, 1.807) is 0 Å². The Balaban J connectivity index is 2.73. The first-order valence-corrected chi connectivity index (χ1v) is 5.06. The summed E-state index contributed by atoms with van der Waals surface area (Å²) in [5.41, 5.74) is 2.14. The quantitative estimate of drug-likeness (QED) is 0.727. The van der Waals surface area contributed by atoms with Crippen molar-refractivity contribution in [3.63, 3.8) is 0 Å². The molecule has 14 heavy (non-hydrogen) atoms. The zero-order valence-electron chi connectivity index (χ0n) is 8.86. The van der Waals surface area contributed by atoms with Crippen LogP contribution >= 0.6 is 0 Å². The number of hydrogen-bond acceptors (Lipinski definition) is 2. The first-order chi connectivity index (χ1) is 6.74. The molecule has 0 aliphatic heterocycles. The molecule has 2 rings (SSSR count). The first-order valence-electron chi connectivity index (χ1n) is 5.06. The molecular formula is C11H15N3. The fraction of sp³-hybridized carbons (Fsp3) is 0.455. The van der Waals surface area contributed by atoms with E-state index in [-0.39, 0.29) is 0 Å². The van der Waals surface area contributed by atoms with Gasteiger partial charge in [0.05, 0.1) is 5.69 Å². The number of rotatable bonds is 2. The minimum absolute atomic E-state index is 0.368. The van der Waals surface area contributed by atoms with Gasteiger partial charge >= 0.3 is 0 Å². The second kappa shape index (κ2) is 3.40. The summed E-state index contributed by atoms with van der Waals surface area (Å²) in [5, 5.41) is 5.75. The molecule has 0 aliphatic carbocycles. The highest BCUT2D eigenvalue weighted by molar-refractivity contribution is 5.78. The topological polar surface area (TPSA) is 30.7 Å². The molecule has 0 fully saturated rings.